The molecule has 2 N–H and O–H groups in total. The third-order valence-electron chi connectivity index (χ3n) is 6.18. The van der Waals surface area contributed by atoms with E-state index in [1.165, 1.54) is 16.7 Å². The maximum atomic E-state index is 13.1. The van der Waals surface area contributed by atoms with Crippen molar-refractivity contribution >= 4 is 50.6 Å². The third kappa shape index (κ3) is 4.99. The van der Waals surface area contributed by atoms with E-state index in [1.54, 1.807) is 10.9 Å². The number of rotatable bonds is 5. The highest BCUT2D eigenvalue weighted by atomic mass is 127. The third-order valence-corrected chi connectivity index (χ3v) is 7.06. The van der Waals surface area contributed by atoms with Crippen LogP contribution in [0.5, 0.6) is 0 Å². The number of benzene rings is 1. The number of halogens is 4. The molecule has 0 spiro atoms. The molecule has 1 saturated heterocycles. The Morgan fingerprint density at radius 1 is 1.34 bits per heavy atom. The first-order chi connectivity index (χ1) is 16.7. The average molecular weight is 597 g/mol. The van der Waals surface area contributed by atoms with Gasteiger partial charge in [-0.1, -0.05) is 34.7 Å². The number of nitrogens with one attached hydrogen (secondary N) is 2. The molecule has 4 aromatic rings. The predicted molar refractivity (Wildman–Crippen MR) is 134 cm³/mol. The van der Waals surface area contributed by atoms with Crippen LogP contribution in [0.4, 0.5) is 13.2 Å². The van der Waals surface area contributed by atoms with E-state index in [9.17, 15) is 18.0 Å². The van der Waals surface area contributed by atoms with Crippen LogP contribution >= 0.6 is 22.6 Å². The van der Waals surface area contributed by atoms with E-state index in [0.717, 1.165) is 15.3 Å². The minimum Gasteiger partial charge on any atom is -0.348 e. The summed E-state index contributed by atoms with van der Waals surface area (Å²) in [5.74, 6) is -0.390. The van der Waals surface area contributed by atoms with Gasteiger partial charge in [0.15, 0.2) is 5.65 Å². The van der Waals surface area contributed by atoms with Crippen molar-refractivity contribution in [3.05, 3.63) is 41.7 Å². The second-order valence-electron chi connectivity index (χ2n) is 8.78. The molecule has 8 nitrogen and oxygen atoms in total. The number of amides is 1. The average Bonchev–Trinajstić information content (AvgIpc) is 3.38. The smallest absolute Gasteiger partial charge is 0.348 e. The molecule has 0 aliphatic carbocycles. The summed E-state index contributed by atoms with van der Waals surface area (Å²) in [6.45, 7) is -0.451. The van der Waals surface area contributed by atoms with Crippen LogP contribution in [0.2, 0.25) is 0 Å². The maximum Gasteiger partial charge on any atom is 0.401 e. The minimum atomic E-state index is -4.26. The summed E-state index contributed by atoms with van der Waals surface area (Å²) in [7, 11) is 1.87. The number of hydrogen-bond donors (Lipinski definition) is 2. The molecule has 1 aromatic carbocycles. The van der Waals surface area contributed by atoms with Gasteiger partial charge in [0, 0.05) is 35.6 Å². The standard InChI is InChI=1S/C23H23F3IN7O/c1-33-18-7-13(8-27)4-5-15(18)19(32-33)17-10-29-21-20(31-17)16(9-28-21)22(35)30-14-3-2-6-34(11-14)12-23(24,25)26/h4-5,7,9-10,14H,2-3,6,8,11-12H2,1H3,(H,28,29)(H,30,35)/t14-/m1/s1. The van der Waals surface area contributed by atoms with Crippen LogP contribution in [-0.4, -0.2) is 67.4 Å². The predicted octanol–water partition coefficient (Wildman–Crippen LogP) is 4.20. The molecule has 0 unspecified atom stereocenters. The van der Waals surface area contributed by atoms with Crippen molar-refractivity contribution in [2.24, 2.45) is 7.05 Å². The van der Waals surface area contributed by atoms with Crippen molar-refractivity contribution in [1.82, 2.24) is 34.9 Å². The number of aryl methyl sites for hydroxylation is 1. The number of carbonyl (C=O) groups excluding carboxylic acids is 1. The molecular formula is C23H23F3IN7O. The first kappa shape index (κ1) is 24.0. The second-order valence-corrected chi connectivity index (χ2v) is 9.54. The fourth-order valence-corrected chi connectivity index (χ4v) is 5.06. The van der Waals surface area contributed by atoms with Gasteiger partial charge in [-0.25, -0.2) is 9.97 Å². The van der Waals surface area contributed by atoms with Crippen LogP contribution in [0.25, 0.3) is 33.5 Å². The van der Waals surface area contributed by atoms with Crippen molar-refractivity contribution < 1.29 is 18.0 Å². The Morgan fingerprint density at radius 2 is 2.17 bits per heavy atom. The quantitative estimate of drug-likeness (QED) is 0.266. The highest BCUT2D eigenvalue weighted by Crippen LogP contribution is 2.29. The molecule has 0 radical (unpaired) electrons. The van der Waals surface area contributed by atoms with Crippen LogP contribution in [0, 0.1) is 0 Å². The highest BCUT2D eigenvalue weighted by Gasteiger charge is 2.33. The Hall–Kier alpha value is -2.74. The number of hydrogen-bond acceptors (Lipinski definition) is 5. The SMILES string of the molecule is Cn1nc(-c2cnc3[nH]cc(C(=O)N[C@@H]4CCCN(CC(F)(F)F)C4)c3n2)c2ccc(CI)cc21. The molecule has 0 saturated carbocycles. The largest absolute Gasteiger partial charge is 0.401 e. The van der Waals surface area contributed by atoms with E-state index in [0.29, 0.717) is 47.5 Å². The zero-order valence-corrected chi connectivity index (χ0v) is 21.0. The van der Waals surface area contributed by atoms with Gasteiger partial charge in [-0.15, -0.1) is 0 Å². The summed E-state index contributed by atoms with van der Waals surface area (Å²) < 4.78 is 41.0. The van der Waals surface area contributed by atoms with Crippen LogP contribution in [0.1, 0.15) is 28.8 Å². The first-order valence-corrected chi connectivity index (χ1v) is 12.7. The van der Waals surface area contributed by atoms with E-state index in [1.807, 2.05) is 19.2 Å². The van der Waals surface area contributed by atoms with E-state index >= 15 is 0 Å². The van der Waals surface area contributed by atoms with Gasteiger partial charge in [-0.05, 0) is 31.0 Å². The number of alkyl halides is 4. The Bertz CT molecular complexity index is 1400. The van der Waals surface area contributed by atoms with E-state index in [-0.39, 0.29) is 18.5 Å². The van der Waals surface area contributed by atoms with Crippen molar-refractivity contribution in [3.8, 4) is 11.4 Å². The van der Waals surface area contributed by atoms with Gasteiger partial charge in [0.1, 0.15) is 16.9 Å². The fourth-order valence-electron chi connectivity index (χ4n) is 4.59. The van der Waals surface area contributed by atoms with E-state index in [4.69, 9.17) is 4.98 Å². The second kappa shape index (κ2) is 9.37. The van der Waals surface area contributed by atoms with Gasteiger partial charge in [0.05, 0.1) is 23.8 Å². The first-order valence-electron chi connectivity index (χ1n) is 11.2. The lowest BCUT2D eigenvalue weighted by atomic mass is 10.1. The number of nitrogens with zero attached hydrogens (tertiary/aromatic N) is 5. The number of aromatic nitrogens is 5. The van der Waals surface area contributed by atoms with Crippen molar-refractivity contribution in [3.63, 3.8) is 0 Å². The van der Waals surface area contributed by atoms with Gasteiger partial charge in [0.2, 0.25) is 0 Å². The number of piperidine rings is 1. The summed E-state index contributed by atoms with van der Waals surface area (Å²) >= 11 is 2.31. The molecule has 3 aromatic heterocycles. The lowest BCUT2D eigenvalue weighted by Crippen LogP contribution is -2.49. The normalized spacial score (nSPS) is 17.3. The highest BCUT2D eigenvalue weighted by molar-refractivity contribution is 14.1. The van der Waals surface area contributed by atoms with Crippen LogP contribution in [-0.2, 0) is 11.5 Å². The van der Waals surface area contributed by atoms with Gasteiger partial charge in [-0.3, -0.25) is 14.4 Å². The zero-order chi connectivity index (χ0) is 24.7. The number of fused-ring (bicyclic) bond motifs is 2. The monoisotopic (exact) mass is 597 g/mol. The number of likely N-dealkylation sites (tertiary alicyclic amines) is 1. The minimum absolute atomic E-state index is 0.156. The Balaban J connectivity index is 1.41. The molecule has 0 bridgehead atoms. The molecule has 1 atom stereocenters. The van der Waals surface area contributed by atoms with Crippen molar-refractivity contribution in [1.29, 1.82) is 0 Å². The van der Waals surface area contributed by atoms with E-state index in [2.05, 4.69) is 49.0 Å². The zero-order valence-electron chi connectivity index (χ0n) is 18.9. The van der Waals surface area contributed by atoms with Crippen LogP contribution in [0.15, 0.2) is 30.6 Å². The molecular weight excluding hydrogens is 574 g/mol. The number of carbonyl (C=O) groups is 1. The number of H-pyrrole nitrogens is 1. The van der Waals surface area contributed by atoms with Crippen molar-refractivity contribution in [2.45, 2.75) is 29.5 Å². The summed E-state index contributed by atoms with van der Waals surface area (Å²) in [6.07, 6.45) is 0.0967. The molecule has 4 heterocycles. The van der Waals surface area contributed by atoms with E-state index < -0.39 is 12.7 Å². The van der Waals surface area contributed by atoms with Gasteiger partial charge in [-0.2, -0.15) is 18.3 Å². The Morgan fingerprint density at radius 3 is 2.94 bits per heavy atom. The van der Waals surface area contributed by atoms with Crippen molar-refractivity contribution in [2.75, 3.05) is 19.6 Å². The van der Waals surface area contributed by atoms with Crippen LogP contribution < -0.4 is 5.32 Å². The molecule has 5 rings (SSSR count). The molecule has 1 fully saturated rings. The molecule has 1 aliphatic heterocycles. The van der Waals surface area contributed by atoms with Crippen LogP contribution in [0.3, 0.4) is 0 Å². The van der Waals surface area contributed by atoms with Gasteiger partial charge < -0.3 is 10.3 Å². The molecule has 35 heavy (non-hydrogen) atoms. The van der Waals surface area contributed by atoms with Gasteiger partial charge >= 0.3 is 6.18 Å². The fraction of sp³-hybridized carbons (Fsp3) is 0.391. The summed E-state index contributed by atoms with van der Waals surface area (Å²) in [5.41, 5.74) is 4.51. The lowest BCUT2D eigenvalue weighted by Gasteiger charge is -2.33. The topological polar surface area (TPSA) is 91.7 Å². The molecule has 1 amide bonds. The summed E-state index contributed by atoms with van der Waals surface area (Å²) in [4.78, 5) is 26.5. The van der Waals surface area contributed by atoms with Gasteiger partial charge in [0.25, 0.3) is 5.91 Å². The lowest BCUT2D eigenvalue weighted by molar-refractivity contribution is -0.148. The summed E-state index contributed by atoms with van der Waals surface area (Å²) in [5, 5.41) is 8.45. The Labute approximate surface area is 212 Å². The molecule has 184 valence electrons. The molecule has 1 aliphatic rings. The Kier molecular flexibility index (Phi) is 6.42. The molecule has 12 heteroatoms. The maximum absolute atomic E-state index is 13.1. The number of aromatic amines is 1. The summed E-state index contributed by atoms with van der Waals surface area (Å²) in [6, 6.07) is 5.78.